The number of fused-ring (bicyclic) bond motifs is 1. The highest BCUT2D eigenvalue weighted by atomic mass is 16.5. The molecule has 4 heteroatoms. The average Bonchev–Trinajstić information content (AvgIpc) is 3.01. The fourth-order valence-electron chi connectivity index (χ4n) is 2.60. The molecule has 2 aromatic carbocycles. The number of carbonyl (C=O) groups is 1. The van der Waals surface area contributed by atoms with Gasteiger partial charge in [-0.1, -0.05) is 18.2 Å². The third kappa shape index (κ3) is 3.09. The highest BCUT2D eigenvalue weighted by molar-refractivity contribution is 5.91. The molecule has 0 fully saturated rings. The van der Waals surface area contributed by atoms with E-state index in [2.05, 4.69) is 6.07 Å². The van der Waals surface area contributed by atoms with Crippen LogP contribution < -0.4 is 0 Å². The van der Waals surface area contributed by atoms with Gasteiger partial charge in [-0.25, -0.2) is 4.79 Å². The second-order valence-electron chi connectivity index (χ2n) is 5.23. The maximum atomic E-state index is 11.8. The lowest BCUT2D eigenvalue weighted by Crippen LogP contribution is -2.06. The van der Waals surface area contributed by atoms with E-state index in [9.17, 15) is 4.79 Å². The van der Waals surface area contributed by atoms with Crippen molar-refractivity contribution in [3.05, 3.63) is 71.0 Å². The van der Waals surface area contributed by atoms with Crippen LogP contribution in [0.3, 0.4) is 0 Å². The molecule has 0 atom stereocenters. The number of benzene rings is 2. The van der Waals surface area contributed by atoms with Crippen LogP contribution in [0.15, 0.2) is 52.9 Å². The monoisotopic (exact) mass is 305 g/mol. The molecule has 114 valence electrons. The first-order valence-electron chi connectivity index (χ1n) is 7.30. The Morgan fingerprint density at radius 1 is 1.17 bits per heavy atom. The molecule has 1 aromatic heterocycles. The highest BCUT2D eigenvalue weighted by Gasteiger charge is 2.12. The number of furan rings is 1. The van der Waals surface area contributed by atoms with E-state index >= 15 is 0 Å². The van der Waals surface area contributed by atoms with Crippen LogP contribution in [0.5, 0.6) is 0 Å². The zero-order valence-corrected chi connectivity index (χ0v) is 12.7. The van der Waals surface area contributed by atoms with Gasteiger partial charge in [-0.15, -0.1) is 0 Å². The van der Waals surface area contributed by atoms with Crippen molar-refractivity contribution < 1.29 is 13.9 Å². The first-order valence-corrected chi connectivity index (χ1v) is 7.30. The maximum Gasteiger partial charge on any atom is 0.338 e. The minimum absolute atomic E-state index is 0.330. The third-order valence-corrected chi connectivity index (χ3v) is 3.76. The number of rotatable bonds is 4. The number of aryl methyl sites for hydroxylation is 2. The van der Waals surface area contributed by atoms with Gasteiger partial charge in [-0.05, 0) is 42.3 Å². The van der Waals surface area contributed by atoms with Crippen LogP contribution in [0.25, 0.3) is 11.0 Å². The molecule has 0 saturated heterocycles. The third-order valence-electron chi connectivity index (χ3n) is 3.76. The first kappa shape index (κ1) is 14.9. The van der Waals surface area contributed by atoms with Crippen molar-refractivity contribution in [1.29, 1.82) is 5.26 Å². The number of methoxy groups -OCH3 is 1. The van der Waals surface area contributed by atoms with Crippen molar-refractivity contribution in [2.45, 2.75) is 12.8 Å². The quantitative estimate of drug-likeness (QED) is 0.686. The molecule has 0 N–H and O–H groups in total. The molecule has 0 spiro atoms. The Labute approximate surface area is 133 Å². The first-order chi connectivity index (χ1) is 11.2. The number of carbonyl (C=O) groups excluding carboxylic acids is 1. The molecule has 0 saturated carbocycles. The lowest BCUT2D eigenvalue weighted by molar-refractivity contribution is 0.0599. The van der Waals surface area contributed by atoms with Crippen LogP contribution in [0.1, 0.15) is 27.2 Å². The van der Waals surface area contributed by atoms with Crippen molar-refractivity contribution in [2.24, 2.45) is 0 Å². The normalized spacial score (nSPS) is 10.4. The number of esters is 1. The Hall–Kier alpha value is -3.06. The Kier molecular flexibility index (Phi) is 4.11. The van der Waals surface area contributed by atoms with Crippen LogP contribution in [0.4, 0.5) is 0 Å². The zero-order valence-electron chi connectivity index (χ0n) is 12.7. The van der Waals surface area contributed by atoms with E-state index in [1.54, 1.807) is 18.2 Å². The van der Waals surface area contributed by atoms with E-state index in [1.165, 1.54) is 7.11 Å². The van der Waals surface area contributed by atoms with E-state index in [0.717, 1.165) is 22.3 Å². The molecule has 0 amide bonds. The van der Waals surface area contributed by atoms with Gasteiger partial charge in [-0.3, -0.25) is 0 Å². The van der Waals surface area contributed by atoms with Crippen molar-refractivity contribution in [2.75, 3.05) is 7.11 Å². The van der Waals surface area contributed by atoms with Crippen molar-refractivity contribution >= 4 is 16.9 Å². The molecule has 4 nitrogen and oxygen atoms in total. The molecular formula is C19H15NO3. The van der Waals surface area contributed by atoms with Crippen molar-refractivity contribution in [3.8, 4) is 6.07 Å². The lowest BCUT2D eigenvalue weighted by Gasteiger charge is -2.06. The Morgan fingerprint density at radius 3 is 2.78 bits per heavy atom. The lowest BCUT2D eigenvalue weighted by atomic mass is 10.0. The number of ether oxygens (including phenoxy) is 1. The molecule has 0 radical (unpaired) electrons. The SMILES string of the molecule is COC(=O)c1ccccc1CCc1cc2cc(C#N)ccc2o1. The zero-order chi connectivity index (χ0) is 16.2. The van der Waals surface area contributed by atoms with Gasteiger partial charge in [0.05, 0.1) is 24.3 Å². The highest BCUT2D eigenvalue weighted by Crippen LogP contribution is 2.22. The Bertz CT molecular complexity index is 902. The Morgan fingerprint density at radius 2 is 2.00 bits per heavy atom. The fraction of sp³-hybridized carbons (Fsp3) is 0.158. The molecule has 23 heavy (non-hydrogen) atoms. The molecule has 0 unspecified atom stereocenters. The summed E-state index contributed by atoms with van der Waals surface area (Å²) >= 11 is 0. The molecule has 3 rings (SSSR count). The molecule has 0 bridgehead atoms. The van der Waals surface area contributed by atoms with Gasteiger partial charge < -0.3 is 9.15 Å². The minimum Gasteiger partial charge on any atom is -0.465 e. The topological polar surface area (TPSA) is 63.2 Å². The van der Waals surface area contributed by atoms with Crippen LogP contribution >= 0.6 is 0 Å². The van der Waals surface area contributed by atoms with E-state index < -0.39 is 0 Å². The molecule has 0 aliphatic heterocycles. The predicted molar refractivity (Wildman–Crippen MR) is 86.1 cm³/mol. The van der Waals surface area contributed by atoms with E-state index in [0.29, 0.717) is 24.0 Å². The van der Waals surface area contributed by atoms with Gasteiger partial charge in [0.15, 0.2) is 0 Å². The molecule has 0 aliphatic carbocycles. The van der Waals surface area contributed by atoms with E-state index in [-0.39, 0.29) is 5.97 Å². The van der Waals surface area contributed by atoms with Crippen molar-refractivity contribution in [3.63, 3.8) is 0 Å². The van der Waals surface area contributed by atoms with Gasteiger partial charge in [0.2, 0.25) is 0 Å². The number of hydrogen-bond donors (Lipinski definition) is 0. The summed E-state index contributed by atoms with van der Waals surface area (Å²) in [4.78, 5) is 11.8. The smallest absolute Gasteiger partial charge is 0.338 e. The second kappa shape index (κ2) is 6.37. The largest absolute Gasteiger partial charge is 0.465 e. The standard InChI is InChI=1S/C19H15NO3/c1-22-19(21)17-5-3-2-4-14(17)7-8-16-11-15-10-13(12-20)6-9-18(15)23-16/h2-6,9-11H,7-8H2,1H3. The summed E-state index contributed by atoms with van der Waals surface area (Å²) in [7, 11) is 1.38. The molecular weight excluding hydrogens is 290 g/mol. The number of hydrogen-bond acceptors (Lipinski definition) is 4. The van der Waals surface area contributed by atoms with Gasteiger partial charge in [0, 0.05) is 11.8 Å². The summed E-state index contributed by atoms with van der Waals surface area (Å²) in [6, 6.07) is 16.8. The van der Waals surface area contributed by atoms with Crippen LogP contribution in [0, 0.1) is 11.3 Å². The summed E-state index contributed by atoms with van der Waals surface area (Å²) in [6.07, 6.45) is 1.35. The van der Waals surface area contributed by atoms with Gasteiger partial charge in [0.25, 0.3) is 0 Å². The van der Waals surface area contributed by atoms with Gasteiger partial charge >= 0.3 is 5.97 Å². The maximum absolute atomic E-state index is 11.8. The average molecular weight is 305 g/mol. The van der Waals surface area contributed by atoms with E-state index in [1.807, 2.05) is 30.3 Å². The van der Waals surface area contributed by atoms with Crippen LogP contribution in [-0.2, 0) is 17.6 Å². The minimum atomic E-state index is -0.330. The van der Waals surface area contributed by atoms with Crippen LogP contribution in [-0.4, -0.2) is 13.1 Å². The number of nitriles is 1. The van der Waals surface area contributed by atoms with E-state index in [4.69, 9.17) is 14.4 Å². The molecule has 0 aliphatic rings. The fourth-order valence-corrected chi connectivity index (χ4v) is 2.60. The summed E-state index contributed by atoms with van der Waals surface area (Å²) in [5, 5.41) is 9.85. The molecule has 3 aromatic rings. The van der Waals surface area contributed by atoms with Crippen LogP contribution in [0.2, 0.25) is 0 Å². The summed E-state index contributed by atoms with van der Waals surface area (Å²) in [5.74, 6) is 0.499. The predicted octanol–water partition coefficient (Wildman–Crippen LogP) is 3.88. The summed E-state index contributed by atoms with van der Waals surface area (Å²) in [6.45, 7) is 0. The summed E-state index contributed by atoms with van der Waals surface area (Å²) < 4.78 is 10.6. The van der Waals surface area contributed by atoms with Gasteiger partial charge in [0.1, 0.15) is 11.3 Å². The molecule has 1 heterocycles. The van der Waals surface area contributed by atoms with Gasteiger partial charge in [-0.2, -0.15) is 5.26 Å². The summed E-state index contributed by atoms with van der Waals surface area (Å²) in [5.41, 5.74) is 2.89. The number of nitrogens with zero attached hydrogens (tertiary/aromatic N) is 1. The van der Waals surface area contributed by atoms with Crippen molar-refractivity contribution in [1.82, 2.24) is 0 Å². The Balaban J connectivity index is 1.81. The second-order valence-corrected chi connectivity index (χ2v) is 5.23.